The van der Waals surface area contributed by atoms with E-state index in [1.807, 2.05) is 27.8 Å². The Balaban J connectivity index is 0. The van der Waals surface area contributed by atoms with Gasteiger partial charge >= 0.3 is 0 Å². The van der Waals surface area contributed by atoms with E-state index >= 15 is 0 Å². The van der Waals surface area contributed by atoms with Crippen LogP contribution in [0.1, 0.15) is 20.8 Å². The van der Waals surface area contributed by atoms with Crippen LogP contribution in [0.2, 0.25) is 0 Å². The molecular weight excluding hydrogens is 355 g/mol. The molecule has 110 valence electrons. The van der Waals surface area contributed by atoms with Gasteiger partial charge in [0.1, 0.15) is 6.54 Å². The van der Waals surface area contributed by atoms with E-state index in [0.29, 0.717) is 19.0 Å². The molecule has 0 aliphatic heterocycles. The zero-order valence-electron chi connectivity index (χ0n) is 12.3. The second kappa shape index (κ2) is 12.1. The number of terminal acetylenes is 1. The predicted molar refractivity (Wildman–Crippen MR) is 90.8 cm³/mol. The number of carbonyl (C=O) groups excluding carboxylic acids is 1. The van der Waals surface area contributed by atoms with Gasteiger partial charge in [0.15, 0.2) is 5.96 Å². The van der Waals surface area contributed by atoms with Crippen molar-refractivity contribution in [1.82, 2.24) is 15.1 Å². The summed E-state index contributed by atoms with van der Waals surface area (Å²) in [6, 6.07) is 0. The minimum atomic E-state index is 0. The van der Waals surface area contributed by atoms with Crippen LogP contribution in [-0.2, 0) is 4.79 Å². The quantitative estimate of drug-likeness (QED) is 0.324. The standard InChI is InChI=1S/C13H24N4O.HI/c1-6-10-15-13(14-7-2)16(5)11-12(18)17(8-3)9-4;/h1H,7-11H2,2-5H3,(H,14,15);1H. The molecule has 0 aromatic rings. The van der Waals surface area contributed by atoms with Crippen LogP contribution in [-0.4, -0.2) is 61.4 Å². The van der Waals surface area contributed by atoms with Crippen molar-refractivity contribution in [2.75, 3.05) is 39.8 Å². The molecule has 0 rings (SSSR count). The first-order chi connectivity index (χ1) is 8.60. The second-order valence-electron chi connectivity index (χ2n) is 3.80. The predicted octanol–water partition coefficient (Wildman–Crippen LogP) is 1.00. The third-order valence-corrected chi connectivity index (χ3v) is 2.51. The molecular formula is C13H25IN4O. The number of likely N-dealkylation sites (N-methyl/N-ethyl adjacent to an activating group) is 2. The molecule has 0 bridgehead atoms. The summed E-state index contributed by atoms with van der Waals surface area (Å²) in [4.78, 5) is 19.8. The zero-order valence-corrected chi connectivity index (χ0v) is 14.6. The summed E-state index contributed by atoms with van der Waals surface area (Å²) in [6.07, 6.45) is 5.19. The molecule has 0 saturated carbocycles. The number of aliphatic imine (C=N–C) groups is 1. The zero-order chi connectivity index (χ0) is 14.0. The molecule has 0 unspecified atom stereocenters. The largest absolute Gasteiger partial charge is 0.356 e. The molecule has 1 amide bonds. The van der Waals surface area contributed by atoms with Crippen LogP contribution in [0.15, 0.2) is 4.99 Å². The van der Waals surface area contributed by atoms with Crippen LogP contribution in [0.25, 0.3) is 0 Å². The molecule has 0 aliphatic carbocycles. The van der Waals surface area contributed by atoms with Crippen molar-refractivity contribution in [2.45, 2.75) is 20.8 Å². The van der Waals surface area contributed by atoms with Gasteiger partial charge in [-0.3, -0.25) is 4.79 Å². The summed E-state index contributed by atoms with van der Waals surface area (Å²) >= 11 is 0. The highest BCUT2D eigenvalue weighted by molar-refractivity contribution is 14.0. The van der Waals surface area contributed by atoms with Crippen molar-refractivity contribution in [3.05, 3.63) is 0 Å². The van der Waals surface area contributed by atoms with Crippen LogP contribution >= 0.6 is 24.0 Å². The molecule has 0 aromatic heterocycles. The first-order valence-electron chi connectivity index (χ1n) is 6.31. The molecule has 0 saturated heterocycles. The Morgan fingerprint density at radius 2 is 1.89 bits per heavy atom. The summed E-state index contributed by atoms with van der Waals surface area (Å²) in [5.74, 6) is 3.21. The summed E-state index contributed by atoms with van der Waals surface area (Å²) in [7, 11) is 1.83. The molecule has 0 heterocycles. The average Bonchev–Trinajstić information content (AvgIpc) is 2.35. The number of amides is 1. The normalized spacial score (nSPS) is 10.2. The fourth-order valence-electron chi connectivity index (χ4n) is 1.54. The van der Waals surface area contributed by atoms with E-state index < -0.39 is 0 Å². The van der Waals surface area contributed by atoms with Crippen molar-refractivity contribution in [1.29, 1.82) is 0 Å². The molecule has 0 fully saturated rings. The number of hydrogen-bond acceptors (Lipinski definition) is 2. The molecule has 0 radical (unpaired) electrons. The fourth-order valence-corrected chi connectivity index (χ4v) is 1.54. The van der Waals surface area contributed by atoms with Crippen molar-refractivity contribution >= 4 is 35.8 Å². The van der Waals surface area contributed by atoms with E-state index in [4.69, 9.17) is 6.42 Å². The summed E-state index contributed by atoms with van der Waals surface area (Å²) in [6.45, 7) is 8.73. The van der Waals surface area contributed by atoms with Crippen molar-refractivity contribution < 1.29 is 4.79 Å². The summed E-state index contributed by atoms with van der Waals surface area (Å²) in [5.41, 5.74) is 0. The van der Waals surface area contributed by atoms with Gasteiger partial charge < -0.3 is 15.1 Å². The van der Waals surface area contributed by atoms with Gasteiger partial charge in [-0.15, -0.1) is 30.4 Å². The Hall–Kier alpha value is -0.970. The SMILES string of the molecule is C#CCN=C(NCC)N(C)CC(=O)N(CC)CC.I. The molecule has 5 nitrogen and oxygen atoms in total. The Bertz CT molecular complexity index is 321. The highest BCUT2D eigenvalue weighted by atomic mass is 127. The molecule has 1 N–H and O–H groups in total. The molecule has 0 aromatic carbocycles. The number of rotatable bonds is 6. The third kappa shape index (κ3) is 7.93. The van der Waals surface area contributed by atoms with E-state index in [1.54, 1.807) is 9.80 Å². The Morgan fingerprint density at radius 3 is 2.32 bits per heavy atom. The Kier molecular flexibility index (Phi) is 12.9. The van der Waals surface area contributed by atoms with E-state index in [0.717, 1.165) is 19.6 Å². The summed E-state index contributed by atoms with van der Waals surface area (Å²) < 4.78 is 0. The average molecular weight is 380 g/mol. The number of carbonyl (C=O) groups is 1. The van der Waals surface area contributed by atoms with Crippen molar-refractivity contribution in [3.8, 4) is 12.3 Å². The van der Waals surface area contributed by atoms with Gasteiger partial charge in [0.25, 0.3) is 0 Å². The highest BCUT2D eigenvalue weighted by Gasteiger charge is 2.14. The van der Waals surface area contributed by atoms with Crippen molar-refractivity contribution in [2.24, 2.45) is 4.99 Å². The lowest BCUT2D eigenvalue weighted by atomic mass is 10.4. The van der Waals surface area contributed by atoms with E-state index in [2.05, 4.69) is 16.2 Å². The topological polar surface area (TPSA) is 47.9 Å². The number of halogens is 1. The van der Waals surface area contributed by atoms with Crippen LogP contribution in [0.5, 0.6) is 0 Å². The van der Waals surface area contributed by atoms with Crippen LogP contribution < -0.4 is 5.32 Å². The maximum absolute atomic E-state index is 12.0. The molecule has 0 atom stereocenters. The second-order valence-corrected chi connectivity index (χ2v) is 3.80. The minimum absolute atomic E-state index is 0. The summed E-state index contributed by atoms with van der Waals surface area (Å²) in [5, 5.41) is 3.11. The van der Waals surface area contributed by atoms with E-state index in [-0.39, 0.29) is 29.9 Å². The monoisotopic (exact) mass is 380 g/mol. The van der Waals surface area contributed by atoms with Gasteiger partial charge in [0, 0.05) is 26.7 Å². The van der Waals surface area contributed by atoms with Gasteiger partial charge in [0.05, 0.1) is 6.54 Å². The van der Waals surface area contributed by atoms with E-state index in [9.17, 15) is 4.79 Å². The van der Waals surface area contributed by atoms with Gasteiger partial charge in [-0.25, -0.2) is 4.99 Å². The smallest absolute Gasteiger partial charge is 0.242 e. The van der Waals surface area contributed by atoms with Gasteiger partial charge in [-0.2, -0.15) is 0 Å². The lowest BCUT2D eigenvalue weighted by Crippen LogP contribution is -2.45. The first kappa shape index (κ1) is 20.3. The molecule has 0 aliphatic rings. The van der Waals surface area contributed by atoms with Crippen LogP contribution in [0.3, 0.4) is 0 Å². The van der Waals surface area contributed by atoms with Crippen LogP contribution in [0.4, 0.5) is 0 Å². The lowest BCUT2D eigenvalue weighted by molar-refractivity contribution is -0.131. The molecule has 19 heavy (non-hydrogen) atoms. The molecule has 0 spiro atoms. The van der Waals surface area contributed by atoms with Gasteiger partial charge in [-0.05, 0) is 20.8 Å². The van der Waals surface area contributed by atoms with Crippen molar-refractivity contribution in [3.63, 3.8) is 0 Å². The van der Waals surface area contributed by atoms with Crippen LogP contribution in [0, 0.1) is 12.3 Å². The van der Waals surface area contributed by atoms with Gasteiger partial charge in [-0.1, -0.05) is 5.92 Å². The first-order valence-corrected chi connectivity index (χ1v) is 6.31. The maximum Gasteiger partial charge on any atom is 0.242 e. The number of hydrogen-bond donors (Lipinski definition) is 1. The number of nitrogens with zero attached hydrogens (tertiary/aromatic N) is 3. The Labute approximate surface area is 133 Å². The van der Waals surface area contributed by atoms with E-state index in [1.165, 1.54) is 0 Å². The number of guanidine groups is 1. The molecule has 6 heteroatoms. The highest BCUT2D eigenvalue weighted by Crippen LogP contribution is 1.93. The number of nitrogens with one attached hydrogen (secondary N) is 1. The third-order valence-electron chi connectivity index (χ3n) is 2.51. The van der Waals surface area contributed by atoms with Gasteiger partial charge in [0.2, 0.25) is 5.91 Å². The minimum Gasteiger partial charge on any atom is -0.356 e. The maximum atomic E-state index is 12.0. The fraction of sp³-hybridized carbons (Fsp3) is 0.692. The lowest BCUT2D eigenvalue weighted by Gasteiger charge is -2.25. The Morgan fingerprint density at radius 1 is 1.32 bits per heavy atom.